The Morgan fingerprint density at radius 3 is 2.11 bits per heavy atom. The summed E-state index contributed by atoms with van der Waals surface area (Å²) in [4.78, 5) is 4.85. The Hall–Kier alpha value is -1.89. The standard InChI is InChI=1S/C18H21N/c1-3-15(2)18(17-12-8-5-9-13-17)19-14-16-10-6-4-7-11-16/h4-13,15H,3,14H2,1-2H3/b19-18+. The second kappa shape index (κ2) is 6.89. The monoisotopic (exact) mass is 251 g/mol. The van der Waals surface area contributed by atoms with Gasteiger partial charge in [0.1, 0.15) is 0 Å². The molecular weight excluding hydrogens is 230 g/mol. The van der Waals surface area contributed by atoms with Gasteiger partial charge in [-0.15, -0.1) is 0 Å². The Balaban J connectivity index is 2.23. The summed E-state index contributed by atoms with van der Waals surface area (Å²) in [6, 6.07) is 20.9. The minimum absolute atomic E-state index is 0.492. The molecule has 2 aromatic carbocycles. The highest BCUT2D eigenvalue weighted by atomic mass is 14.7. The van der Waals surface area contributed by atoms with E-state index < -0.39 is 0 Å². The molecule has 0 saturated carbocycles. The lowest BCUT2D eigenvalue weighted by Gasteiger charge is -2.13. The third-order valence-electron chi connectivity index (χ3n) is 3.42. The van der Waals surface area contributed by atoms with Gasteiger partial charge >= 0.3 is 0 Å². The van der Waals surface area contributed by atoms with Crippen molar-refractivity contribution in [3.63, 3.8) is 0 Å². The summed E-state index contributed by atoms with van der Waals surface area (Å²) in [5.74, 6) is 0.492. The SMILES string of the molecule is CCC(C)/C(=N\Cc1ccccc1)c1ccccc1. The molecule has 0 aliphatic carbocycles. The molecule has 0 saturated heterocycles. The largest absolute Gasteiger partial charge is 0.284 e. The zero-order chi connectivity index (χ0) is 13.5. The van der Waals surface area contributed by atoms with Gasteiger partial charge in [0.25, 0.3) is 0 Å². The van der Waals surface area contributed by atoms with Crippen LogP contribution in [0.2, 0.25) is 0 Å². The van der Waals surface area contributed by atoms with Crippen LogP contribution in [-0.2, 0) is 6.54 Å². The Morgan fingerprint density at radius 2 is 1.53 bits per heavy atom. The van der Waals surface area contributed by atoms with Crippen LogP contribution in [0.4, 0.5) is 0 Å². The number of hydrogen-bond donors (Lipinski definition) is 0. The average Bonchev–Trinajstić information content (AvgIpc) is 2.49. The van der Waals surface area contributed by atoms with Crippen molar-refractivity contribution in [1.29, 1.82) is 0 Å². The molecule has 2 rings (SSSR count). The van der Waals surface area contributed by atoms with E-state index in [9.17, 15) is 0 Å². The predicted octanol–water partition coefficient (Wildman–Crippen LogP) is 4.72. The number of nitrogens with zero attached hydrogens (tertiary/aromatic N) is 1. The predicted molar refractivity (Wildman–Crippen MR) is 82.6 cm³/mol. The maximum atomic E-state index is 4.85. The van der Waals surface area contributed by atoms with Gasteiger partial charge in [0.2, 0.25) is 0 Å². The van der Waals surface area contributed by atoms with Crippen LogP contribution in [0.1, 0.15) is 31.4 Å². The normalized spacial score (nSPS) is 13.3. The second-order valence-electron chi connectivity index (χ2n) is 4.86. The van der Waals surface area contributed by atoms with E-state index in [1.807, 2.05) is 6.07 Å². The van der Waals surface area contributed by atoms with Crippen LogP contribution in [0.3, 0.4) is 0 Å². The van der Waals surface area contributed by atoms with Crippen LogP contribution in [0.5, 0.6) is 0 Å². The first-order valence-electron chi connectivity index (χ1n) is 6.95. The van der Waals surface area contributed by atoms with Crippen LogP contribution >= 0.6 is 0 Å². The van der Waals surface area contributed by atoms with Gasteiger partial charge in [-0.2, -0.15) is 0 Å². The Labute approximate surface area is 116 Å². The highest BCUT2D eigenvalue weighted by Crippen LogP contribution is 2.14. The smallest absolute Gasteiger partial charge is 0.0643 e. The molecule has 0 fully saturated rings. The quantitative estimate of drug-likeness (QED) is 0.682. The molecule has 19 heavy (non-hydrogen) atoms. The lowest BCUT2D eigenvalue weighted by atomic mass is 9.96. The van der Waals surface area contributed by atoms with Gasteiger partial charge in [-0.25, -0.2) is 0 Å². The molecule has 0 aromatic heterocycles. The Bertz CT molecular complexity index is 514. The first-order chi connectivity index (χ1) is 9.31. The molecule has 1 atom stereocenters. The van der Waals surface area contributed by atoms with Crippen LogP contribution in [0.25, 0.3) is 0 Å². The van der Waals surface area contributed by atoms with Crippen molar-refractivity contribution >= 4 is 5.71 Å². The van der Waals surface area contributed by atoms with Crippen molar-refractivity contribution in [3.8, 4) is 0 Å². The number of rotatable bonds is 5. The lowest BCUT2D eigenvalue weighted by Crippen LogP contribution is -2.12. The van der Waals surface area contributed by atoms with E-state index in [4.69, 9.17) is 4.99 Å². The number of aliphatic imine (C=N–C) groups is 1. The van der Waals surface area contributed by atoms with Gasteiger partial charge in [-0.1, -0.05) is 74.5 Å². The molecule has 0 N–H and O–H groups in total. The minimum atomic E-state index is 0.492. The van der Waals surface area contributed by atoms with Crippen molar-refractivity contribution in [2.75, 3.05) is 0 Å². The molecule has 1 nitrogen and oxygen atoms in total. The van der Waals surface area contributed by atoms with Gasteiger partial charge in [-0.3, -0.25) is 4.99 Å². The van der Waals surface area contributed by atoms with E-state index in [0.717, 1.165) is 13.0 Å². The molecule has 2 aromatic rings. The third-order valence-corrected chi connectivity index (χ3v) is 3.42. The fourth-order valence-electron chi connectivity index (χ4n) is 2.09. The van der Waals surface area contributed by atoms with E-state index in [1.165, 1.54) is 16.8 Å². The summed E-state index contributed by atoms with van der Waals surface area (Å²) in [6.07, 6.45) is 1.11. The summed E-state index contributed by atoms with van der Waals surface area (Å²) < 4.78 is 0. The lowest BCUT2D eigenvalue weighted by molar-refractivity contribution is 0.734. The van der Waals surface area contributed by atoms with E-state index in [1.54, 1.807) is 0 Å². The van der Waals surface area contributed by atoms with Crippen molar-refractivity contribution < 1.29 is 0 Å². The topological polar surface area (TPSA) is 12.4 Å². The number of hydrogen-bond acceptors (Lipinski definition) is 1. The average molecular weight is 251 g/mol. The zero-order valence-corrected chi connectivity index (χ0v) is 11.7. The summed E-state index contributed by atoms with van der Waals surface area (Å²) in [6.45, 7) is 5.22. The first-order valence-corrected chi connectivity index (χ1v) is 6.95. The molecule has 0 bridgehead atoms. The molecule has 98 valence electrons. The Kier molecular flexibility index (Phi) is 4.91. The van der Waals surface area contributed by atoms with Gasteiger partial charge in [0.05, 0.1) is 6.54 Å². The molecular formula is C18H21N. The molecule has 0 radical (unpaired) electrons. The first kappa shape index (κ1) is 13.5. The van der Waals surface area contributed by atoms with Crippen LogP contribution < -0.4 is 0 Å². The van der Waals surface area contributed by atoms with E-state index in [-0.39, 0.29) is 0 Å². The van der Waals surface area contributed by atoms with Gasteiger partial charge in [-0.05, 0) is 23.5 Å². The molecule has 0 amide bonds. The van der Waals surface area contributed by atoms with Gasteiger partial charge in [0, 0.05) is 5.71 Å². The fraction of sp³-hybridized carbons (Fsp3) is 0.278. The second-order valence-corrected chi connectivity index (χ2v) is 4.86. The van der Waals surface area contributed by atoms with Crippen molar-refractivity contribution in [1.82, 2.24) is 0 Å². The molecule has 1 heteroatoms. The van der Waals surface area contributed by atoms with E-state index in [0.29, 0.717) is 5.92 Å². The van der Waals surface area contributed by atoms with Crippen molar-refractivity contribution in [2.45, 2.75) is 26.8 Å². The summed E-state index contributed by atoms with van der Waals surface area (Å²) in [5, 5.41) is 0. The maximum Gasteiger partial charge on any atom is 0.0643 e. The van der Waals surface area contributed by atoms with Crippen molar-refractivity contribution in [2.24, 2.45) is 10.9 Å². The van der Waals surface area contributed by atoms with Gasteiger partial charge < -0.3 is 0 Å². The highest BCUT2D eigenvalue weighted by Gasteiger charge is 2.10. The minimum Gasteiger partial charge on any atom is -0.284 e. The molecule has 0 heterocycles. The zero-order valence-electron chi connectivity index (χ0n) is 11.7. The summed E-state index contributed by atoms with van der Waals surface area (Å²) in [5.41, 5.74) is 3.72. The third kappa shape index (κ3) is 3.78. The maximum absolute atomic E-state index is 4.85. The molecule has 0 aliphatic rings. The van der Waals surface area contributed by atoms with Crippen LogP contribution in [0.15, 0.2) is 65.7 Å². The van der Waals surface area contributed by atoms with Gasteiger partial charge in [0.15, 0.2) is 0 Å². The Morgan fingerprint density at radius 1 is 0.947 bits per heavy atom. The fourth-order valence-corrected chi connectivity index (χ4v) is 2.09. The van der Waals surface area contributed by atoms with E-state index >= 15 is 0 Å². The summed E-state index contributed by atoms with van der Waals surface area (Å²) >= 11 is 0. The number of benzene rings is 2. The molecule has 1 unspecified atom stereocenters. The van der Waals surface area contributed by atoms with Crippen LogP contribution in [0, 0.1) is 5.92 Å². The highest BCUT2D eigenvalue weighted by molar-refractivity contribution is 6.02. The molecule has 0 spiro atoms. The van der Waals surface area contributed by atoms with Crippen molar-refractivity contribution in [3.05, 3.63) is 71.8 Å². The molecule has 0 aliphatic heterocycles. The van der Waals surface area contributed by atoms with Crippen LogP contribution in [-0.4, -0.2) is 5.71 Å². The summed E-state index contributed by atoms with van der Waals surface area (Å²) in [7, 11) is 0. The van der Waals surface area contributed by atoms with E-state index in [2.05, 4.69) is 68.4 Å².